The number of nitrogens with one attached hydrogen (secondary N) is 1. The van der Waals surface area contributed by atoms with Crippen molar-refractivity contribution in [2.24, 2.45) is 0 Å². The molecule has 3 nitrogen and oxygen atoms in total. The van der Waals surface area contributed by atoms with E-state index in [4.69, 9.17) is 4.74 Å². The first kappa shape index (κ1) is 13.8. The lowest BCUT2D eigenvalue weighted by atomic mass is 10.2. The number of aromatic nitrogens is 1. The Kier molecular flexibility index (Phi) is 4.97. The van der Waals surface area contributed by atoms with Crippen LogP contribution < -0.4 is 10.1 Å². The molecule has 5 heteroatoms. The molecule has 2 aromatic rings. The van der Waals surface area contributed by atoms with Crippen LogP contribution in [0.4, 0.5) is 0 Å². The van der Waals surface area contributed by atoms with Crippen molar-refractivity contribution in [1.82, 2.24) is 10.3 Å². The molecule has 0 atom stereocenters. The summed E-state index contributed by atoms with van der Waals surface area (Å²) in [6.07, 6.45) is 1.78. The molecule has 0 spiro atoms. The van der Waals surface area contributed by atoms with E-state index in [0.717, 1.165) is 38.7 Å². The van der Waals surface area contributed by atoms with Crippen molar-refractivity contribution in [3.63, 3.8) is 0 Å². The first-order valence-corrected chi connectivity index (χ1v) is 7.39. The summed E-state index contributed by atoms with van der Waals surface area (Å²) in [5.74, 6) is 0.798. The largest absolute Gasteiger partial charge is 0.489 e. The third-order valence-corrected chi connectivity index (χ3v) is 3.77. The Bertz CT molecular complexity index is 546. The van der Waals surface area contributed by atoms with Crippen molar-refractivity contribution in [1.29, 1.82) is 0 Å². The van der Waals surface area contributed by atoms with E-state index in [1.807, 2.05) is 18.2 Å². The average Bonchev–Trinajstić information content (AvgIpc) is 2.38. The highest BCUT2D eigenvalue weighted by Gasteiger charge is 2.11. The third kappa shape index (κ3) is 3.02. The number of nitrogens with zero attached hydrogens (tertiary/aromatic N) is 1. The van der Waals surface area contributed by atoms with E-state index in [1.54, 1.807) is 6.20 Å². The van der Waals surface area contributed by atoms with Gasteiger partial charge in [-0.15, -0.1) is 0 Å². The predicted molar refractivity (Wildman–Crippen MR) is 81.2 cm³/mol. The zero-order valence-electron chi connectivity index (χ0n) is 10.0. The summed E-state index contributed by atoms with van der Waals surface area (Å²) in [5.41, 5.74) is 0.871. The van der Waals surface area contributed by atoms with Gasteiger partial charge in [-0.3, -0.25) is 4.98 Å². The molecule has 0 aliphatic carbocycles. The molecule has 0 aliphatic rings. The quantitative estimate of drug-likeness (QED) is 0.810. The van der Waals surface area contributed by atoms with E-state index >= 15 is 0 Å². The molecule has 96 valence electrons. The fourth-order valence-corrected chi connectivity index (χ4v) is 3.07. The zero-order chi connectivity index (χ0) is 13.0. The molecule has 0 aliphatic heterocycles. The van der Waals surface area contributed by atoms with Crippen LogP contribution in [-0.4, -0.2) is 24.7 Å². The molecule has 0 bridgehead atoms. The maximum atomic E-state index is 5.81. The Labute approximate surface area is 123 Å². The molecule has 0 saturated carbocycles. The van der Waals surface area contributed by atoms with Crippen molar-refractivity contribution < 1.29 is 4.74 Å². The van der Waals surface area contributed by atoms with Crippen LogP contribution in [0, 0.1) is 0 Å². The molecule has 1 N–H and O–H groups in total. The van der Waals surface area contributed by atoms with Crippen LogP contribution in [0.3, 0.4) is 0 Å². The van der Waals surface area contributed by atoms with E-state index in [0.29, 0.717) is 6.61 Å². The zero-order valence-corrected chi connectivity index (χ0v) is 13.2. The number of likely N-dealkylation sites (N-methyl/N-ethyl adjacent to an activating group) is 1. The van der Waals surface area contributed by atoms with Gasteiger partial charge < -0.3 is 10.1 Å². The van der Waals surface area contributed by atoms with Crippen LogP contribution in [0.5, 0.6) is 5.75 Å². The van der Waals surface area contributed by atoms with Crippen LogP contribution in [0.25, 0.3) is 10.9 Å². The summed E-state index contributed by atoms with van der Waals surface area (Å²) < 4.78 is 7.74. The Morgan fingerprint density at radius 2 is 2.17 bits per heavy atom. The van der Waals surface area contributed by atoms with Gasteiger partial charge in [-0.25, -0.2) is 0 Å². The summed E-state index contributed by atoms with van der Waals surface area (Å²) in [4.78, 5) is 4.40. The monoisotopic (exact) mass is 372 g/mol. The van der Waals surface area contributed by atoms with Crippen molar-refractivity contribution in [3.8, 4) is 5.75 Å². The number of pyridine rings is 1. The first-order valence-electron chi connectivity index (χ1n) is 5.80. The number of ether oxygens (including phenoxy) is 1. The van der Waals surface area contributed by atoms with Crippen LogP contribution in [-0.2, 0) is 0 Å². The standard InChI is InChI=1S/C13H14Br2N2O/c1-2-16-6-7-18-13-11(15)8-10(14)9-4-3-5-17-12(9)13/h3-5,8,16H,2,6-7H2,1H3. The van der Waals surface area contributed by atoms with Gasteiger partial charge in [-0.2, -0.15) is 0 Å². The van der Waals surface area contributed by atoms with Gasteiger partial charge in [0.15, 0.2) is 5.75 Å². The summed E-state index contributed by atoms with van der Waals surface area (Å²) in [7, 11) is 0. The Balaban J connectivity index is 2.31. The number of halogens is 2. The van der Waals surface area contributed by atoms with E-state index in [-0.39, 0.29) is 0 Å². The third-order valence-electron chi connectivity index (χ3n) is 2.53. The molecule has 0 fully saturated rings. The normalized spacial score (nSPS) is 10.8. The van der Waals surface area contributed by atoms with Crippen molar-refractivity contribution >= 4 is 42.8 Å². The van der Waals surface area contributed by atoms with Crippen LogP contribution in [0.2, 0.25) is 0 Å². The predicted octanol–water partition coefficient (Wildman–Crippen LogP) is 3.75. The minimum Gasteiger partial charge on any atom is -0.489 e. The Morgan fingerprint density at radius 1 is 1.33 bits per heavy atom. The summed E-state index contributed by atoms with van der Waals surface area (Å²) in [5, 5.41) is 4.28. The number of hydrogen-bond acceptors (Lipinski definition) is 3. The number of rotatable bonds is 5. The lowest BCUT2D eigenvalue weighted by Crippen LogP contribution is -2.20. The fourth-order valence-electron chi connectivity index (χ4n) is 1.69. The van der Waals surface area contributed by atoms with E-state index < -0.39 is 0 Å². The Morgan fingerprint density at radius 3 is 2.94 bits per heavy atom. The molecule has 0 radical (unpaired) electrons. The molecule has 0 amide bonds. The molecule has 1 heterocycles. The second kappa shape index (κ2) is 6.50. The van der Waals surface area contributed by atoms with Gasteiger partial charge in [0.1, 0.15) is 12.1 Å². The SMILES string of the molecule is CCNCCOc1c(Br)cc(Br)c2cccnc12. The molecule has 18 heavy (non-hydrogen) atoms. The Hall–Kier alpha value is -0.650. The molecule has 0 saturated heterocycles. The highest BCUT2D eigenvalue weighted by Crippen LogP contribution is 2.37. The topological polar surface area (TPSA) is 34.1 Å². The van der Waals surface area contributed by atoms with Gasteiger partial charge in [0, 0.05) is 22.6 Å². The highest BCUT2D eigenvalue weighted by atomic mass is 79.9. The second-order valence-corrected chi connectivity index (χ2v) is 5.48. The van der Waals surface area contributed by atoms with E-state index in [9.17, 15) is 0 Å². The van der Waals surface area contributed by atoms with Crippen LogP contribution in [0.15, 0.2) is 33.3 Å². The number of benzene rings is 1. The van der Waals surface area contributed by atoms with E-state index in [2.05, 4.69) is 49.1 Å². The molecular weight excluding hydrogens is 360 g/mol. The minimum atomic E-state index is 0.625. The maximum absolute atomic E-state index is 5.81. The van der Waals surface area contributed by atoms with Crippen LogP contribution in [0.1, 0.15) is 6.92 Å². The fraction of sp³-hybridized carbons (Fsp3) is 0.308. The summed E-state index contributed by atoms with van der Waals surface area (Å²) in [6, 6.07) is 5.94. The van der Waals surface area contributed by atoms with E-state index in [1.165, 1.54) is 0 Å². The lowest BCUT2D eigenvalue weighted by molar-refractivity contribution is 0.316. The minimum absolute atomic E-state index is 0.625. The molecule has 1 aromatic heterocycles. The van der Waals surface area contributed by atoms with Crippen molar-refractivity contribution in [2.75, 3.05) is 19.7 Å². The summed E-state index contributed by atoms with van der Waals surface area (Å²) >= 11 is 7.06. The van der Waals surface area contributed by atoms with Gasteiger partial charge >= 0.3 is 0 Å². The number of hydrogen-bond donors (Lipinski definition) is 1. The van der Waals surface area contributed by atoms with Gasteiger partial charge in [0.25, 0.3) is 0 Å². The average molecular weight is 374 g/mol. The molecule has 0 unspecified atom stereocenters. The molecule has 1 aromatic carbocycles. The van der Waals surface area contributed by atoms with Gasteiger partial charge in [0.05, 0.1) is 4.47 Å². The van der Waals surface area contributed by atoms with Crippen molar-refractivity contribution in [3.05, 3.63) is 33.3 Å². The molecule has 2 rings (SSSR count). The van der Waals surface area contributed by atoms with Crippen LogP contribution >= 0.6 is 31.9 Å². The van der Waals surface area contributed by atoms with Gasteiger partial charge in [-0.05, 0) is 34.6 Å². The second-order valence-electron chi connectivity index (χ2n) is 3.77. The lowest BCUT2D eigenvalue weighted by Gasteiger charge is -2.12. The maximum Gasteiger partial charge on any atom is 0.159 e. The smallest absolute Gasteiger partial charge is 0.159 e. The summed E-state index contributed by atoms with van der Waals surface area (Å²) in [6.45, 7) is 4.48. The van der Waals surface area contributed by atoms with Gasteiger partial charge in [0.2, 0.25) is 0 Å². The van der Waals surface area contributed by atoms with Gasteiger partial charge in [-0.1, -0.05) is 28.9 Å². The first-order chi connectivity index (χ1) is 8.74. The molecular formula is C13H14Br2N2O. The number of fused-ring (bicyclic) bond motifs is 1. The van der Waals surface area contributed by atoms with Crippen molar-refractivity contribution in [2.45, 2.75) is 6.92 Å². The highest BCUT2D eigenvalue weighted by molar-refractivity contribution is 9.11.